The number of hydrogen-bond acceptors (Lipinski definition) is 3. The molecule has 4 nitrogen and oxygen atoms in total. The SMILES string of the molecule is COc1ccc(C(O)CNC(=S)Nc2ccccc2)cc1. The molecule has 0 aliphatic carbocycles. The third kappa shape index (κ3) is 4.73. The van der Waals surface area contributed by atoms with Gasteiger partial charge in [-0.3, -0.25) is 0 Å². The van der Waals surface area contributed by atoms with Gasteiger partial charge < -0.3 is 20.5 Å². The van der Waals surface area contributed by atoms with Crippen molar-refractivity contribution in [2.45, 2.75) is 6.10 Å². The zero-order valence-electron chi connectivity index (χ0n) is 11.7. The van der Waals surface area contributed by atoms with Crippen LogP contribution in [0.15, 0.2) is 54.6 Å². The van der Waals surface area contributed by atoms with Gasteiger partial charge in [-0.25, -0.2) is 0 Å². The lowest BCUT2D eigenvalue weighted by atomic mass is 10.1. The van der Waals surface area contributed by atoms with Crippen molar-refractivity contribution in [1.29, 1.82) is 0 Å². The van der Waals surface area contributed by atoms with Crippen LogP contribution >= 0.6 is 12.2 Å². The summed E-state index contributed by atoms with van der Waals surface area (Å²) in [4.78, 5) is 0. The molecule has 0 spiro atoms. The summed E-state index contributed by atoms with van der Waals surface area (Å²) in [7, 11) is 1.61. The first-order valence-corrected chi connectivity index (χ1v) is 7.02. The molecule has 0 saturated carbocycles. The molecule has 0 aliphatic rings. The predicted molar refractivity (Wildman–Crippen MR) is 88.6 cm³/mol. The number of nitrogens with one attached hydrogen (secondary N) is 2. The molecule has 1 atom stereocenters. The smallest absolute Gasteiger partial charge is 0.170 e. The van der Waals surface area contributed by atoms with Gasteiger partial charge in [0.05, 0.1) is 13.2 Å². The molecule has 0 amide bonds. The molecule has 0 aliphatic heterocycles. The zero-order chi connectivity index (χ0) is 15.1. The van der Waals surface area contributed by atoms with Crippen molar-refractivity contribution in [1.82, 2.24) is 5.32 Å². The van der Waals surface area contributed by atoms with Crippen LogP contribution < -0.4 is 15.4 Å². The number of aliphatic hydroxyl groups is 1. The highest BCUT2D eigenvalue weighted by Gasteiger charge is 2.08. The van der Waals surface area contributed by atoms with E-state index in [0.717, 1.165) is 17.0 Å². The Hall–Kier alpha value is -2.11. The number of ether oxygens (including phenoxy) is 1. The minimum atomic E-state index is -0.633. The van der Waals surface area contributed by atoms with Crippen molar-refractivity contribution in [3.8, 4) is 5.75 Å². The Labute approximate surface area is 129 Å². The van der Waals surface area contributed by atoms with Gasteiger partial charge in [0.1, 0.15) is 5.75 Å². The van der Waals surface area contributed by atoms with Gasteiger partial charge in [-0.2, -0.15) is 0 Å². The number of para-hydroxylation sites is 1. The van der Waals surface area contributed by atoms with Crippen molar-refractivity contribution < 1.29 is 9.84 Å². The normalized spacial score (nSPS) is 11.5. The molecule has 0 bridgehead atoms. The average Bonchev–Trinajstić information content (AvgIpc) is 2.53. The Bertz CT molecular complexity index is 573. The topological polar surface area (TPSA) is 53.5 Å². The van der Waals surface area contributed by atoms with Gasteiger partial charge in [0.2, 0.25) is 0 Å². The maximum Gasteiger partial charge on any atom is 0.170 e. The van der Waals surface area contributed by atoms with Crippen LogP contribution in [0.3, 0.4) is 0 Å². The molecule has 0 saturated heterocycles. The highest BCUT2D eigenvalue weighted by atomic mass is 32.1. The highest BCUT2D eigenvalue weighted by Crippen LogP contribution is 2.17. The molecule has 0 aromatic heterocycles. The number of anilines is 1. The van der Waals surface area contributed by atoms with Crippen LogP contribution in [0.2, 0.25) is 0 Å². The number of thiocarbonyl (C=S) groups is 1. The molecule has 110 valence electrons. The second-order valence-corrected chi connectivity index (χ2v) is 4.90. The summed E-state index contributed by atoms with van der Waals surface area (Å²) < 4.78 is 5.09. The summed E-state index contributed by atoms with van der Waals surface area (Å²) >= 11 is 5.19. The number of methoxy groups -OCH3 is 1. The third-order valence-electron chi connectivity index (χ3n) is 2.99. The monoisotopic (exact) mass is 302 g/mol. The van der Waals surface area contributed by atoms with E-state index in [4.69, 9.17) is 17.0 Å². The lowest BCUT2D eigenvalue weighted by Gasteiger charge is -2.15. The fourth-order valence-corrected chi connectivity index (χ4v) is 2.03. The minimum absolute atomic E-state index is 0.338. The Balaban J connectivity index is 1.82. The van der Waals surface area contributed by atoms with Gasteiger partial charge in [-0.1, -0.05) is 30.3 Å². The van der Waals surface area contributed by atoms with Crippen molar-refractivity contribution in [3.63, 3.8) is 0 Å². The van der Waals surface area contributed by atoms with E-state index in [9.17, 15) is 5.11 Å². The van der Waals surface area contributed by atoms with Crippen molar-refractivity contribution >= 4 is 23.0 Å². The molecule has 2 aromatic carbocycles. The Morgan fingerprint density at radius 2 is 1.81 bits per heavy atom. The lowest BCUT2D eigenvalue weighted by molar-refractivity contribution is 0.181. The standard InChI is InChI=1S/C16H18N2O2S/c1-20-14-9-7-12(8-10-14)15(19)11-17-16(21)18-13-5-3-2-4-6-13/h2-10,15,19H,11H2,1H3,(H2,17,18,21). The van der Waals surface area contributed by atoms with E-state index in [1.807, 2.05) is 54.6 Å². The second-order valence-electron chi connectivity index (χ2n) is 4.49. The number of aliphatic hydroxyl groups excluding tert-OH is 1. The van der Waals surface area contributed by atoms with Gasteiger partial charge in [-0.15, -0.1) is 0 Å². The van der Waals surface area contributed by atoms with Crippen LogP contribution in [-0.4, -0.2) is 23.9 Å². The van der Waals surface area contributed by atoms with Gasteiger partial charge in [-0.05, 0) is 42.0 Å². The van der Waals surface area contributed by atoms with Crippen molar-refractivity contribution in [2.75, 3.05) is 19.0 Å². The Kier molecular flexibility index (Phi) is 5.54. The summed E-state index contributed by atoms with van der Waals surface area (Å²) in [6.45, 7) is 0.338. The van der Waals surface area contributed by atoms with Crippen LogP contribution in [-0.2, 0) is 0 Å². The summed E-state index contributed by atoms with van der Waals surface area (Å²) in [5, 5.41) is 16.6. The van der Waals surface area contributed by atoms with E-state index in [2.05, 4.69) is 10.6 Å². The molecule has 0 heterocycles. The fourth-order valence-electron chi connectivity index (χ4n) is 1.83. The highest BCUT2D eigenvalue weighted by molar-refractivity contribution is 7.80. The average molecular weight is 302 g/mol. The van der Waals surface area contributed by atoms with E-state index in [1.165, 1.54) is 0 Å². The van der Waals surface area contributed by atoms with Crippen molar-refractivity contribution in [2.24, 2.45) is 0 Å². The molecular weight excluding hydrogens is 284 g/mol. The summed E-state index contributed by atoms with van der Waals surface area (Å²) in [5.74, 6) is 0.764. The van der Waals surface area contributed by atoms with E-state index in [1.54, 1.807) is 7.11 Å². The molecule has 2 rings (SSSR count). The van der Waals surface area contributed by atoms with Crippen LogP contribution in [0.4, 0.5) is 5.69 Å². The Morgan fingerprint density at radius 1 is 1.14 bits per heavy atom. The van der Waals surface area contributed by atoms with E-state index >= 15 is 0 Å². The maximum atomic E-state index is 10.1. The first-order chi connectivity index (χ1) is 10.2. The van der Waals surface area contributed by atoms with Crippen LogP contribution in [0.25, 0.3) is 0 Å². The molecule has 0 fully saturated rings. The molecule has 2 aromatic rings. The quantitative estimate of drug-likeness (QED) is 0.742. The fraction of sp³-hybridized carbons (Fsp3) is 0.188. The lowest BCUT2D eigenvalue weighted by Crippen LogP contribution is -2.32. The van der Waals surface area contributed by atoms with Gasteiger partial charge in [0.25, 0.3) is 0 Å². The van der Waals surface area contributed by atoms with Crippen LogP contribution in [0, 0.1) is 0 Å². The molecule has 5 heteroatoms. The summed E-state index contributed by atoms with van der Waals surface area (Å²) in [5.41, 5.74) is 1.72. The minimum Gasteiger partial charge on any atom is -0.497 e. The second kappa shape index (κ2) is 7.61. The predicted octanol–water partition coefficient (Wildman–Crippen LogP) is 2.72. The summed E-state index contributed by atoms with van der Waals surface area (Å²) in [6.07, 6.45) is -0.633. The molecule has 21 heavy (non-hydrogen) atoms. The van der Waals surface area contributed by atoms with E-state index in [-0.39, 0.29) is 0 Å². The zero-order valence-corrected chi connectivity index (χ0v) is 12.6. The molecular formula is C16H18N2O2S. The number of benzene rings is 2. The third-order valence-corrected chi connectivity index (χ3v) is 3.23. The summed E-state index contributed by atoms with van der Waals surface area (Å²) in [6, 6.07) is 16.9. The first-order valence-electron chi connectivity index (χ1n) is 6.61. The largest absolute Gasteiger partial charge is 0.497 e. The first kappa shape index (κ1) is 15.3. The van der Waals surface area contributed by atoms with Crippen LogP contribution in [0.5, 0.6) is 5.75 Å². The molecule has 1 unspecified atom stereocenters. The maximum absolute atomic E-state index is 10.1. The Morgan fingerprint density at radius 3 is 2.43 bits per heavy atom. The number of hydrogen-bond donors (Lipinski definition) is 3. The van der Waals surface area contributed by atoms with E-state index < -0.39 is 6.10 Å². The molecule has 0 radical (unpaired) electrons. The van der Waals surface area contributed by atoms with Gasteiger partial charge >= 0.3 is 0 Å². The van der Waals surface area contributed by atoms with E-state index in [0.29, 0.717) is 11.7 Å². The van der Waals surface area contributed by atoms with Gasteiger partial charge in [0, 0.05) is 12.2 Å². The molecule has 3 N–H and O–H groups in total. The van der Waals surface area contributed by atoms with Gasteiger partial charge in [0.15, 0.2) is 5.11 Å². The van der Waals surface area contributed by atoms with Crippen molar-refractivity contribution in [3.05, 3.63) is 60.2 Å². The van der Waals surface area contributed by atoms with Crippen LogP contribution in [0.1, 0.15) is 11.7 Å². The number of rotatable bonds is 5.